The first-order valence-corrected chi connectivity index (χ1v) is 6.51. The largest absolute Gasteiger partial charge is 0.476 e. The fraction of sp³-hybridized carbons (Fsp3) is 0.231. The molecule has 4 nitrogen and oxygen atoms in total. The molecule has 2 aromatic rings. The molecule has 3 rings (SSSR count). The van der Waals surface area contributed by atoms with Gasteiger partial charge in [0.25, 0.3) is 0 Å². The van der Waals surface area contributed by atoms with Crippen molar-refractivity contribution in [3.05, 3.63) is 46.6 Å². The van der Waals surface area contributed by atoms with Crippen molar-refractivity contribution in [2.45, 2.75) is 18.3 Å². The molecule has 0 unspecified atom stereocenters. The van der Waals surface area contributed by atoms with Crippen LogP contribution in [-0.4, -0.2) is 16.1 Å². The monoisotopic (exact) mass is 260 g/mol. The molecule has 0 saturated heterocycles. The van der Waals surface area contributed by atoms with Gasteiger partial charge in [-0.3, -0.25) is 0 Å². The van der Waals surface area contributed by atoms with E-state index in [9.17, 15) is 4.79 Å². The van der Waals surface area contributed by atoms with E-state index >= 15 is 0 Å². The Labute approximate surface area is 108 Å². The second kappa shape index (κ2) is 3.81. The summed E-state index contributed by atoms with van der Waals surface area (Å²) in [6.07, 6.45) is 2.01. The first-order valence-electron chi connectivity index (χ1n) is 5.69. The molecule has 1 aliphatic rings. The molecule has 0 amide bonds. The Morgan fingerprint density at radius 1 is 1.33 bits per heavy atom. The van der Waals surface area contributed by atoms with Crippen LogP contribution in [0.3, 0.4) is 0 Å². The lowest BCUT2D eigenvalue weighted by Crippen LogP contribution is -2.09. The Balaban J connectivity index is 2.06. The number of carboxylic acid groups (broad SMARTS) is 1. The highest BCUT2D eigenvalue weighted by molar-refractivity contribution is 7.16. The zero-order valence-corrected chi connectivity index (χ0v) is 10.4. The average Bonchev–Trinajstić information content (AvgIpc) is 3.08. The number of anilines is 1. The summed E-state index contributed by atoms with van der Waals surface area (Å²) in [5.41, 5.74) is 6.79. The molecule has 0 spiro atoms. The maximum absolute atomic E-state index is 11.0. The number of hydrogen-bond acceptors (Lipinski definition) is 4. The van der Waals surface area contributed by atoms with Gasteiger partial charge in [0.2, 0.25) is 0 Å². The smallest absolute Gasteiger partial charge is 0.357 e. The van der Waals surface area contributed by atoms with Crippen LogP contribution in [0.4, 0.5) is 5.00 Å². The van der Waals surface area contributed by atoms with E-state index in [1.54, 1.807) is 0 Å². The van der Waals surface area contributed by atoms with Crippen LogP contribution >= 0.6 is 11.3 Å². The summed E-state index contributed by atoms with van der Waals surface area (Å²) >= 11 is 1.29. The van der Waals surface area contributed by atoms with Crippen molar-refractivity contribution in [1.29, 1.82) is 0 Å². The number of hydrogen-bond donors (Lipinski definition) is 2. The third kappa shape index (κ3) is 1.59. The second-order valence-corrected chi connectivity index (χ2v) is 5.52. The minimum absolute atomic E-state index is 0.0165. The van der Waals surface area contributed by atoms with E-state index in [1.165, 1.54) is 16.9 Å². The number of nitrogen functional groups attached to an aromatic ring is 1. The summed E-state index contributed by atoms with van der Waals surface area (Å²) in [6.45, 7) is 0. The zero-order valence-electron chi connectivity index (χ0n) is 9.59. The van der Waals surface area contributed by atoms with Crippen LogP contribution in [0.5, 0.6) is 0 Å². The van der Waals surface area contributed by atoms with Gasteiger partial charge in [-0.1, -0.05) is 30.3 Å². The maximum Gasteiger partial charge on any atom is 0.357 e. The molecule has 0 bridgehead atoms. The van der Waals surface area contributed by atoms with Crippen LogP contribution in [0.15, 0.2) is 30.3 Å². The quantitative estimate of drug-likeness (QED) is 0.889. The van der Waals surface area contributed by atoms with Crippen LogP contribution in [0.2, 0.25) is 0 Å². The van der Waals surface area contributed by atoms with Crippen LogP contribution in [-0.2, 0) is 5.41 Å². The normalized spacial score (nSPS) is 16.4. The molecule has 5 heteroatoms. The standard InChI is InChI=1S/C13H12N2O2S/c14-10-9(11(16)17)15-12(18-10)13(6-7-13)8-4-2-1-3-5-8/h1-5H,6-7,14H2,(H,16,17). The molecule has 1 aromatic carbocycles. The first kappa shape index (κ1) is 11.2. The van der Waals surface area contributed by atoms with Crippen molar-refractivity contribution >= 4 is 22.3 Å². The van der Waals surface area contributed by atoms with Crippen LogP contribution in [0.25, 0.3) is 0 Å². The highest BCUT2D eigenvalue weighted by Crippen LogP contribution is 2.55. The fourth-order valence-electron chi connectivity index (χ4n) is 2.20. The van der Waals surface area contributed by atoms with E-state index in [0.29, 0.717) is 5.00 Å². The SMILES string of the molecule is Nc1sc(C2(c3ccccc3)CC2)nc1C(=O)O. The average molecular weight is 260 g/mol. The lowest BCUT2D eigenvalue weighted by atomic mass is 9.97. The van der Waals surface area contributed by atoms with Crippen molar-refractivity contribution < 1.29 is 9.90 Å². The van der Waals surface area contributed by atoms with E-state index in [1.807, 2.05) is 18.2 Å². The van der Waals surface area contributed by atoms with Crippen molar-refractivity contribution in [2.75, 3.05) is 5.73 Å². The second-order valence-electron chi connectivity index (χ2n) is 4.49. The van der Waals surface area contributed by atoms with Crippen LogP contribution in [0.1, 0.15) is 33.9 Å². The van der Waals surface area contributed by atoms with Gasteiger partial charge in [-0.15, -0.1) is 11.3 Å². The van der Waals surface area contributed by atoms with E-state index in [0.717, 1.165) is 17.8 Å². The number of benzene rings is 1. The zero-order chi connectivity index (χ0) is 12.8. The number of aromatic nitrogens is 1. The van der Waals surface area contributed by atoms with Crippen molar-refractivity contribution in [3.8, 4) is 0 Å². The van der Waals surface area contributed by atoms with Gasteiger partial charge in [-0.25, -0.2) is 9.78 Å². The summed E-state index contributed by atoms with van der Waals surface area (Å²) < 4.78 is 0. The molecule has 18 heavy (non-hydrogen) atoms. The molecule has 3 N–H and O–H groups in total. The number of carboxylic acids is 1. The van der Waals surface area contributed by atoms with Gasteiger partial charge in [0.15, 0.2) is 5.69 Å². The molecule has 1 heterocycles. The molecule has 0 atom stereocenters. The number of nitrogens with two attached hydrogens (primary N) is 1. The number of rotatable bonds is 3. The summed E-state index contributed by atoms with van der Waals surface area (Å²) in [5, 5.41) is 10.1. The predicted octanol–water partition coefficient (Wildman–Crippen LogP) is 2.50. The number of carbonyl (C=O) groups is 1. The van der Waals surface area contributed by atoms with Gasteiger partial charge in [0.05, 0.1) is 0 Å². The topological polar surface area (TPSA) is 76.2 Å². The van der Waals surface area contributed by atoms with E-state index in [2.05, 4.69) is 17.1 Å². The van der Waals surface area contributed by atoms with E-state index in [-0.39, 0.29) is 11.1 Å². The predicted molar refractivity (Wildman–Crippen MR) is 69.9 cm³/mol. The number of nitrogens with zero attached hydrogens (tertiary/aromatic N) is 1. The third-order valence-electron chi connectivity index (χ3n) is 3.34. The molecule has 0 aliphatic heterocycles. The maximum atomic E-state index is 11.0. The van der Waals surface area contributed by atoms with Gasteiger partial charge in [-0.05, 0) is 18.4 Å². The minimum Gasteiger partial charge on any atom is -0.476 e. The highest BCUT2D eigenvalue weighted by atomic mass is 32.1. The van der Waals surface area contributed by atoms with E-state index in [4.69, 9.17) is 10.8 Å². The third-order valence-corrected chi connectivity index (χ3v) is 4.43. The van der Waals surface area contributed by atoms with Gasteiger partial charge < -0.3 is 10.8 Å². The van der Waals surface area contributed by atoms with Crippen molar-refractivity contribution in [2.24, 2.45) is 0 Å². The molecular formula is C13H12N2O2S. The lowest BCUT2D eigenvalue weighted by Gasteiger charge is -2.11. The fourth-order valence-corrected chi connectivity index (χ4v) is 3.29. The van der Waals surface area contributed by atoms with Gasteiger partial charge in [0, 0.05) is 5.41 Å². The van der Waals surface area contributed by atoms with E-state index < -0.39 is 5.97 Å². The highest BCUT2D eigenvalue weighted by Gasteiger charge is 2.49. The molecule has 1 saturated carbocycles. The molecule has 1 aromatic heterocycles. The molecular weight excluding hydrogens is 248 g/mol. The number of thiazole rings is 1. The van der Waals surface area contributed by atoms with Gasteiger partial charge in [-0.2, -0.15) is 0 Å². The lowest BCUT2D eigenvalue weighted by molar-refractivity contribution is 0.0692. The Morgan fingerprint density at radius 2 is 2.00 bits per heavy atom. The summed E-state index contributed by atoms with van der Waals surface area (Å²) in [6, 6.07) is 10.1. The number of aromatic carboxylic acids is 1. The molecule has 1 aliphatic carbocycles. The molecule has 0 radical (unpaired) electrons. The Kier molecular flexibility index (Phi) is 2.38. The summed E-state index contributed by atoms with van der Waals surface area (Å²) in [5.74, 6) is -1.06. The van der Waals surface area contributed by atoms with Crippen LogP contribution < -0.4 is 5.73 Å². The Hall–Kier alpha value is -1.88. The Morgan fingerprint density at radius 3 is 2.50 bits per heavy atom. The Bertz CT molecular complexity index is 603. The van der Waals surface area contributed by atoms with Gasteiger partial charge in [0.1, 0.15) is 10.0 Å². The van der Waals surface area contributed by atoms with Gasteiger partial charge >= 0.3 is 5.97 Å². The summed E-state index contributed by atoms with van der Waals surface area (Å²) in [4.78, 5) is 15.2. The molecule has 92 valence electrons. The minimum atomic E-state index is -1.06. The summed E-state index contributed by atoms with van der Waals surface area (Å²) in [7, 11) is 0. The first-order chi connectivity index (χ1) is 8.63. The van der Waals surface area contributed by atoms with Crippen molar-refractivity contribution in [1.82, 2.24) is 4.98 Å². The van der Waals surface area contributed by atoms with Crippen LogP contribution in [0, 0.1) is 0 Å². The molecule has 1 fully saturated rings. The van der Waals surface area contributed by atoms with Crippen molar-refractivity contribution in [3.63, 3.8) is 0 Å².